The van der Waals surface area contributed by atoms with Crippen molar-refractivity contribution >= 4 is 31.9 Å². The van der Waals surface area contributed by atoms with E-state index in [0.717, 1.165) is 21.9 Å². The summed E-state index contributed by atoms with van der Waals surface area (Å²) < 4.78 is 21.2. The summed E-state index contributed by atoms with van der Waals surface area (Å²) in [5.41, 5.74) is 0.576. The minimum absolute atomic E-state index is 0.258. The number of rotatable bonds is 5. The Morgan fingerprint density at radius 3 is 2.68 bits per heavy atom. The van der Waals surface area contributed by atoms with Gasteiger partial charge in [0.05, 0.1) is 16.8 Å². The van der Waals surface area contributed by atoms with Gasteiger partial charge in [-0.3, -0.25) is 0 Å². The van der Waals surface area contributed by atoms with Gasteiger partial charge in [-0.1, -0.05) is 28.9 Å². The van der Waals surface area contributed by atoms with Gasteiger partial charge in [0.25, 0.3) is 0 Å². The van der Waals surface area contributed by atoms with E-state index in [-0.39, 0.29) is 11.9 Å². The summed E-state index contributed by atoms with van der Waals surface area (Å²) in [5, 5.41) is 3.31. The molecule has 1 unspecified atom stereocenters. The van der Waals surface area contributed by atoms with Gasteiger partial charge >= 0.3 is 0 Å². The quantitative estimate of drug-likeness (QED) is 0.774. The van der Waals surface area contributed by atoms with Crippen LogP contribution in [0.2, 0.25) is 0 Å². The summed E-state index contributed by atoms with van der Waals surface area (Å²) >= 11 is 6.70. The second kappa shape index (κ2) is 6.68. The molecular formula is C14H14Br2FNO. The van der Waals surface area contributed by atoms with Crippen molar-refractivity contribution in [3.63, 3.8) is 0 Å². The van der Waals surface area contributed by atoms with Gasteiger partial charge in [0.15, 0.2) is 0 Å². The highest BCUT2D eigenvalue weighted by atomic mass is 79.9. The summed E-state index contributed by atoms with van der Waals surface area (Å²) in [5.74, 6) is 0.431. The smallest absolute Gasteiger partial charge is 0.139 e. The second-order valence-corrected chi connectivity index (χ2v) is 5.96. The van der Waals surface area contributed by atoms with Crippen LogP contribution in [0, 0.1) is 5.82 Å². The molecule has 2 nitrogen and oxygen atoms in total. The van der Waals surface area contributed by atoms with E-state index in [1.807, 2.05) is 12.1 Å². The highest BCUT2D eigenvalue weighted by Crippen LogP contribution is 2.31. The molecule has 1 N–H and O–H groups in total. The molecule has 0 aliphatic heterocycles. The highest BCUT2D eigenvalue weighted by Gasteiger charge is 2.22. The zero-order valence-corrected chi connectivity index (χ0v) is 13.6. The lowest BCUT2D eigenvalue weighted by atomic mass is 10.0. The van der Waals surface area contributed by atoms with Gasteiger partial charge in [-0.2, -0.15) is 0 Å². The molecule has 0 saturated carbocycles. The molecule has 0 saturated heterocycles. The van der Waals surface area contributed by atoms with E-state index in [1.54, 1.807) is 12.3 Å². The monoisotopic (exact) mass is 389 g/mol. The second-order valence-electron chi connectivity index (χ2n) is 4.19. The fourth-order valence-electron chi connectivity index (χ4n) is 1.88. The number of hydrogen-bond acceptors (Lipinski definition) is 2. The zero-order valence-electron chi connectivity index (χ0n) is 10.4. The molecule has 0 fully saturated rings. The molecule has 2 rings (SSSR count). The number of nitrogens with one attached hydrogen (secondary N) is 1. The van der Waals surface area contributed by atoms with Gasteiger partial charge in [-0.05, 0) is 47.1 Å². The predicted octanol–water partition coefficient (Wildman–Crippen LogP) is 5.03. The third-order valence-electron chi connectivity index (χ3n) is 2.78. The fraction of sp³-hybridized carbons (Fsp3) is 0.286. The number of hydrogen-bond donors (Lipinski definition) is 1. The first-order valence-corrected chi connectivity index (χ1v) is 7.63. The molecule has 102 valence electrons. The standard InChI is InChI=1S/C14H14Br2FNO/c1-2-6-18-13(14-11(16)5-7-19-14)10-4-3-9(15)8-12(10)17/h3-5,7-8,13,18H,2,6H2,1H3. The van der Waals surface area contributed by atoms with Crippen LogP contribution in [0.25, 0.3) is 0 Å². The van der Waals surface area contributed by atoms with E-state index < -0.39 is 0 Å². The van der Waals surface area contributed by atoms with E-state index >= 15 is 0 Å². The maximum atomic E-state index is 14.1. The topological polar surface area (TPSA) is 25.2 Å². The van der Waals surface area contributed by atoms with Gasteiger partial charge in [0.2, 0.25) is 0 Å². The molecule has 5 heteroatoms. The maximum Gasteiger partial charge on any atom is 0.139 e. The van der Waals surface area contributed by atoms with Crippen molar-refractivity contribution in [3.05, 3.63) is 56.6 Å². The third kappa shape index (κ3) is 3.46. The Morgan fingerprint density at radius 2 is 2.11 bits per heavy atom. The van der Waals surface area contributed by atoms with Crippen molar-refractivity contribution in [2.75, 3.05) is 6.54 Å². The predicted molar refractivity (Wildman–Crippen MR) is 80.6 cm³/mol. The molecule has 1 aromatic heterocycles. The van der Waals surface area contributed by atoms with Crippen LogP contribution >= 0.6 is 31.9 Å². The molecule has 1 atom stereocenters. The normalized spacial score (nSPS) is 12.6. The van der Waals surface area contributed by atoms with Crippen molar-refractivity contribution in [1.29, 1.82) is 0 Å². The van der Waals surface area contributed by atoms with Crippen LogP contribution in [0.4, 0.5) is 4.39 Å². The molecule has 0 bridgehead atoms. The van der Waals surface area contributed by atoms with E-state index in [0.29, 0.717) is 11.3 Å². The van der Waals surface area contributed by atoms with Crippen LogP contribution in [0.3, 0.4) is 0 Å². The van der Waals surface area contributed by atoms with Crippen molar-refractivity contribution in [2.45, 2.75) is 19.4 Å². The van der Waals surface area contributed by atoms with Gasteiger partial charge in [-0.15, -0.1) is 0 Å². The van der Waals surface area contributed by atoms with Crippen molar-refractivity contribution in [1.82, 2.24) is 5.32 Å². The molecule has 0 radical (unpaired) electrons. The first-order chi connectivity index (χ1) is 9.13. The van der Waals surface area contributed by atoms with Crippen molar-refractivity contribution in [2.24, 2.45) is 0 Å². The lowest BCUT2D eigenvalue weighted by molar-refractivity contribution is 0.434. The van der Waals surface area contributed by atoms with Gasteiger partial charge in [0.1, 0.15) is 11.6 Å². The first kappa shape index (κ1) is 14.8. The van der Waals surface area contributed by atoms with Crippen LogP contribution in [0.15, 0.2) is 43.9 Å². The Morgan fingerprint density at radius 1 is 1.32 bits per heavy atom. The summed E-state index contributed by atoms with van der Waals surface area (Å²) in [6.45, 7) is 2.85. The van der Waals surface area contributed by atoms with Crippen LogP contribution in [-0.2, 0) is 0 Å². The van der Waals surface area contributed by atoms with Crippen molar-refractivity contribution in [3.8, 4) is 0 Å². The first-order valence-electron chi connectivity index (χ1n) is 6.04. The maximum absolute atomic E-state index is 14.1. The minimum Gasteiger partial charge on any atom is -0.466 e. The lowest BCUT2D eigenvalue weighted by Gasteiger charge is -2.18. The molecule has 1 heterocycles. The molecular weight excluding hydrogens is 377 g/mol. The van der Waals surface area contributed by atoms with E-state index in [1.165, 1.54) is 6.07 Å². The molecule has 0 spiro atoms. The molecule has 19 heavy (non-hydrogen) atoms. The summed E-state index contributed by atoms with van der Waals surface area (Å²) in [6.07, 6.45) is 2.56. The minimum atomic E-state index is -0.294. The SMILES string of the molecule is CCCNC(c1ccc(Br)cc1F)c1occc1Br. The summed E-state index contributed by atoms with van der Waals surface area (Å²) in [7, 11) is 0. The Hall–Kier alpha value is -0.650. The third-order valence-corrected chi connectivity index (χ3v) is 3.93. The molecule has 2 aromatic rings. The summed E-state index contributed by atoms with van der Waals surface area (Å²) in [4.78, 5) is 0. The van der Waals surface area contributed by atoms with E-state index in [9.17, 15) is 4.39 Å². The number of furan rings is 1. The fourth-order valence-corrected chi connectivity index (χ4v) is 2.64. The van der Waals surface area contributed by atoms with Crippen LogP contribution in [0.1, 0.15) is 30.7 Å². The van der Waals surface area contributed by atoms with E-state index in [2.05, 4.69) is 44.1 Å². The average molecular weight is 391 g/mol. The Kier molecular flexibility index (Phi) is 5.19. The van der Waals surface area contributed by atoms with Crippen LogP contribution in [-0.4, -0.2) is 6.54 Å². The van der Waals surface area contributed by atoms with Gasteiger partial charge in [-0.25, -0.2) is 4.39 Å². The largest absolute Gasteiger partial charge is 0.466 e. The van der Waals surface area contributed by atoms with Crippen LogP contribution in [0.5, 0.6) is 0 Å². The molecule has 0 amide bonds. The number of halogens is 3. The van der Waals surface area contributed by atoms with Gasteiger partial charge in [0, 0.05) is 10.0 Å². The van der Waals surface area contributed by atoms with Crippen LogP contribution < -0.4 is 5.32 Å². The molecule has 0 aliphatic carbocycles. The Labute approximate surface area is 128 Å². The van der Waals surface area contributed by atoms with Crippen molar-refractivity contribution < 1.29 is 8.81 Å². The number of benzene rings is 1. The molecule has 1 aromatic carbocycles. The summed E-state index contributed by atoms with van der Waals surface area (Å²) in [6, 6.07) is 6.58. The van der Waals surface area contributed by atoms with Gasteiger partial charge < -0.3 is 9.73 Å². The zero-order chi connectivity index (χ0) is 13.8. The highest BCUT2D eigenvalue weighted by molar-refractivity contribution is 9.10. The average Bonchev–Trinajstić information content (AvgIpc) is 2.78. The Balaban J connectivity index is 2.40. The lowest BCUT2D eigenvalue weighted by Crippen LogP contribution is -2.24. The Bertz CT molecular complexity index is 556. The van der Waals surface area contributed by atoms with E-state index in [4.69, 9.17) is 4.42 Å². The molecule has 0 aliphatic rings.